The van der Waals surface area contributed by atoms with Gasteiger partial charge in [0.2, 0.25) is 5.91 Å². The summed E-state index contributed by atoms with van der Waals surface area (Å²) in [4.78, 5) is 30.3. The molecule has 1 saturated heterocycles. The molecule has 156 valence electrons. The number of ether oxygens (including phenoxy) is 1. The van der Waals surface area contributed by atoms with Crippen molar-refractivity contribution >= 4 is 34.5 Å². The lowest BCUT2D eigenvalue weighted by Gasteiger charge is -2.23. The van der Waals surface area contributed by atoms with Gasteiger partial charge in [-0.15, -0.1) is 11.8 Å². The number of halogens is 2. The first-order valence-corrected chi connectivity index (χ1v) is 10.5. The van der Waals surface area contributed by atoms with Crippen LogP contribution in [-0.2, 0) is 4.79 Å². The van der Waals surface area contributed by atoms with E-state index in [1.54, 1.807) is 11.1 Å². The van der Waals surface area contributed by atoms with Crippen LogP contribution >= 0.6 is 11.8 Å². The van der Waals surface area contributed by atoms with E-state index in [-0.39, 0.29) is 30.7 Å². The van der Waals surface area contributed by atoms with Crippen molar-refractivity contribution in [2.24, 2.45) is 0 Å². The van der Waals surface area contributed by atoms with E-state index in [1.165, 1.54) is 17.8 Å². The Morgan fingerprint density at radius 3 is 2.87 bits per heavy atom. The number of benzene rings is 2. The Balaban J connectivity index is 1.34. The van der Waals surface area contributed by atoms with Crippen molar-refractivity contribution in [1.82, 2.24) is 15.2 Å². The minimum atomic E-state index is -0.994. The van der Waals surface area contributed by atoms with Gasteiger partial charge in [-0.2, -0.15) is 0 Å². The van der Waals surface area contributed by atoms with Crippen molar-refractivity contribution in [3.8, 4) is 5.75 Å². The van der Waals surface area contributed by atoms with Crippen LogP contribution in [0, 0.1) is 11.6 Å². The first kappa shape index (κ1) is 20.2. The molecule has 0 spiro atoms. The molecule has 1 aliphatic heterocycles. The summed E-state index contributed by atoms with van der Waals surface area (Å²) in [5.41, 5.74) is 1.40. The third kappa shape index (κ3) is 4.11. The van der Waals surface area contributed by atoms with Crippen LogP contribution < -0.4 is 10.1 Å². The smallest absolute Gasteiger partial charge is 0.257 e. The molecule has 9 heteroatoms. The number of nitrogens with one attached hydrogen (secondary N) is 2. The van der Waals surface area contributed by atoms with Crippen LogP contribution in [0.3, 0.4) is 0 Å². The van der Waals surface area contributed by atoms with Gasteiger partial charge in [0.05, 0.1) is 18.0 Å². The number of aromatic amines is 1. The van der Waals surface area contributed by atoms with Gasteiger partial charge in [-0.25, -0.2) is 8.78 Å². The standard InChI is InChI=1S/C21H19F2N3O3S/c22-16-6-5-13(9-17(16)23)29-8-7-24-20(27)19-11-30-12-26(19)21(28)15-10-25-18-4-2-1-3-14(15)18/h1-6,9-10,19,25H,7-8,11-12H2,(H,24,27). The summed E-state index contributed by atoms with van der Waals surface area (Å²) >= 11 is 1.51. The van der Waals surface area contributed by atoms with Crippen molar-refractivity contribution in [3.05, 3.63) is 65.9 Å². The zero-order valence-corrected chi connectivity index (χ0v) is 16.7. The fraction of sp³-hybridized carbons (Fsp3) is 0.238. The van der Waals surface area contributed by atoms with Crippen molar-refractivity contribution < 1.29 is 23.1 Å². The van der Waals surface area contributed by atoms with Crippen LogP contribution in [0.2, 0.25) is 0 Å². The predicted molar refractivity (Wildman–Crippen MR) is 110 cm³/mol. The summed E-state index contributed by atoms with van der Waals surface area (Å²) in [5.74, 6) is -1.31. The van der Waals surface area contributed by atoms with Crippen LogP contribution in [0.1, 0.15) is 10.4 Å². The van der Waals surface area contributed by atoms with Crippen LogP contribution in [-0.4, -0.2) is 52.5 Å². The van der Waals surface area contributed by atoms with E-state index in [9.17, 15) is 18.4 Å². The summed E-state index contributed by atoms with van der Waals surface area (Å²) in [7, 11) is 0. The van der Waals surface area contributed by atoms with Crippen molar-refractivity contribution in [2.45, 2.75) is 6.04 Å². The van der Waals surface area contributed by atoms with Gasteiger partial charge in [0, 0.05) is 28.9 Å². The van der Waals surface area contributed by atoms with Crippen molar-refractivity contribution in [3.63, 3.8) is 0 Å². The number of carbonyl (C=O) groups is 2. The number of carbonyl (C=O) groups excluding carboxylic acids is 2. The second kappa shape index (κ2) is 8.74. The number of H-pyrrole nitrogens is 1. The lowest BCUT2D eigenvalue weighted by atomic mass is 10.1. The molecule has 2 N–H and O–H groups in total. The lowest BCUT2D eigenvalue weighted by Crippen LogP contribution is -2.48. The second-order valence-electron chi connectivity index (χ2n) is 6.75. The van der Waals surface area contributed by atoms with Crippen molar-refractivity contribution in [2.75, 3.05) is 24.8 Å². The molecule has 1 aromatic heterocycles. The Kier molecular flexibility index (Phi) is 5.89. The Bertz CT molecular complexity index is 1090. The number of rotatable bonds is 6. The SMILES string of the molecule is O=C(NCCOc1ccc(F)c(F)c1)C1CSCN1C(=O)c1c[nH]c2ccccc12. The molecule has 2 aromatic carbocycles. The number of para-hydroxylation sites is 1. The van der Waals surface area contributed by atoms with Crippen LogP contribution in [0.15, 0.2) is 48.7 Å². The van der Waals surface area contributed by atoms with Gasteiger partial charge >= 0.3 is 0 Å². The number of hydrogen-bond donors (Lipinski definition) is 2. The molecule has 0 bridgehead atoms. The van der Waals surface area contributed by atoms with Gasteiger partial charge in [-0.1, -0.05) is 18.2 Å². The average molecular weight is 431 g/mol. The number of fused-ring (bicyclic) bond motifs is 1. The van der Waals surface area contributed by atoms with Gasteiger partial charge < -0.3 is 19.9 Å². The first-order valence-electron chi connectivity index (χ1n) is 9.35. The van der Waals surface area contributed by atoms with Gasteiger partial charge in [-0.05, 0) is 18.2 Å². The maximum Gasteiger partial charge on any atom is 0.257 e. The minimum absolute atomic E-state index is 0.0903. The van der Waals surface area contributed by atoms with E-state index in [0.717, 1.165) is 23.0 Å². The fourth-order valence-corrected chi connectivity index (χ4v) is 4.44. The van der Waals surface area contributed by atoms with E-state index < -0.39 is 17.7 Å². The summed E-state index contributed by atoms with van der Waals surface area (Å²) in [6.07, 6.45) is 1.67. The van der Waals surface area contributed by atoms with Gasteiger partial charge in [0.15, 0.2) is 11.6 Å². The van der Waals surface area contributed by atoms with Gasteiger partial charge in [0.25, 0.3) is 5.91 Å². The predicted octanol–water partition coefficient (Wildman–Crippen LogP) is 3.16. The van der Waals surface area contributed by atoms with E-state index in [0.29, 0.717) is 17.2 Å². The molecule has 2 heterocycles. The molecule has 0 aliphatic carbocycles. The highest BCUT2D eigenvalue weighted by molar-refractivity contribution is 7.99. The molecule has 1 aliphatic rings. The molecule has 1 unspecified atom stereocenters. The number of aromatic nitrogens is 1. The highest BCUT2D eigenvalue weighted by Gasteiger charge is 2.35. The molecule has 4 rings (SSSR count). The van der Waals surface area contributed by atoms with Crippen LogP contribution in [0.25, 0.3) is 10.9 Å². The molecule has 0 radical (unpaired) electrons. The summed E-state index contributed by atoms with van der Waals surface area (Å²) in [5, 5.41) is 3.56. The summed E-state index contributed by atoms with van der Waals surface area (Å²) < 4.78 is 31.4. The summed E-state index contributed by atoms with van der Waals surface area (Å²) in [6.45, 7) is 0.265. The second-order valence-corrected chi connectivity index (χ2v) is 7.75. The molecule has 2 amide bonds. The quantitative estimate of drug-likeness (QED) is 0.588. The molecule has 1 atom stereocenters. The lowest BCUT2D eigenvalue weighted by molar-refractivity contribution is -0.124. The maximum atomic E-state index is 13.2. The van der Waals surface area contributed by atoms with E-state index in [2.05, 4.69) is 10.3 Å². The van der Waals surface area contributed by atoms with E-state index in [4.69, 9.17) is 4.74 Å². The molecule has 1 fully saturated rings. The number of nitrogens with zero attached hydrogens (tertiary/aromatic N) is 1. The first-order chi connectivity index (χ1) is 14.5. The Hall–Kier alpha value is -3.07. The Morgan fingerprint density at radius 2 is 2.03 bits per heavy atom. The van der Waals surface area contributed by atoms with E-state index >= 15 is 0 Å². The third-order valence-electron chi connectivity index (χ3n) is 4.83. The topological polar surface area (TPSA) is 74.4 Å². The van der Waals surface area contributed by atoms with Crippen LogP contribution in [0.5, 0.6) is 5.75 Å². The van der Waals surface area contributed by atoms with Crippen molar-refractivity contribution in [1.29, 1.82) is 0 Å². The largest absolute Gasteiger partial charge is 0.492 e. The monoisotopic (exact) mass is 431 g/mol. The minimum Gasteiger partial charge on any atom is -0.492 e. The highest BCUT2D eigenvalue weighted by Crippen LogP contribution is 2.26. The number of thioether (sulfide) groups is 1. The zero-order valence-electron chi connectivity index (χ0n) is 15.9. The molecular formula is C21H19F2N3O3S. The highest BCUT2D eigenvalue weighted by atomic mass is 32.2. The maximum absolute atomic E-state index is 13.2. The molecule has 3 aromatic rings. The zero-order chi connectivity index (χ0) is 21.1. The third-order valence-corrected chi connectivity index (χ3v) is 5.84. The van der Waals surface area contributed by atoms with Gasteiger partial charge in [0.1, 0.15) is 18.4 Å². The fourth-order valence-electron chi connectivity index (χ4n) is 3.29. The summed E-state index contributed by atoms with van der Waals surface area (Å²) in [6, 6.07) is 10.2. The molecule has 0 saturated carbocycles. The molecular weight excluding hydrogens is 412 g/mol. The molecule has 30 heavy (non-hydrogen) atoms. The Morgan fingerprint density at radius 1 is 1.20 bits per heavy atom. The van der Waals surface area contributed by atoms with Gasteiger partial charge in [-0.3, -0.25) is 9.59 Å². The molecule has 6 nitrogen and oxygen atoms in total. The number of hydrogen-bond acceptors (Lipinski definition) is 4. The Labute approximate surface area is 175 Å². The van der Waals surface area contributed by atoms with E-state index in [1.807, 2.05) is 24.3 Å². The van der Waals surface area contributed by atoms with Crippen LogP contribution in [0.4, 0.5) is 8.78 Å². The normalized spacial score (nSPS) is 16.1. The average Bonchev–Trinajstić information content (AvgIpc) is 3.40. The number of amides is 2.